The molecule has 1 aromatic carbocycles. The fraction of sp³-hybridized carbons (Fsp3) is 0.520. The van der Waals surface area contributed by atoms with E-state index in [0.717, 1.165) is 74.8 Å². The average Bonchev–Trinajstić information content (AvgIpc) is 3.25. The summed E-state index contributed by atoms with van der Waals surface area (Å²) in [6.45, 7) is 9.18. The molecular weight excluding hydrogens is 464 g/mol. The molecule has 2 fully saturated rings. The number of rotatable bonds is 8. The van der Waals surface area contributed by atoms with E-state index in [2.05, 4.69) is 32.3 Å². The van der Waals surface area contributed by atoms with E-state index in [0.29, 0.717) is 31.2 Å². The molecule has 2 aromatic heterocycles. The lowest BCUT2D eigenvalue weighted by molar-refractivity contribution is 0.0730. The van der Waals surface area contributed by atoms with Crippen molar-refractivity contribution in [2.24, 2.45) is 0 Å². The molecule has 2 saturated heterocycles. The number of imidazole rings is 1. The van der Waals surface area contributed by atoms with Gasteiger partial charge in [0.1, 0.15) is 11.6 Å². The Morgan fingerprint density at radius 2 is 1.80 bits per heavy atom. The topological polar surface area (TPSA) is 83.8 Å². The number of piperazine rings is 1. The van der Waals surface area contributed by atoms with Crippen LogP contribution in [0.25, 0.3) is 11.0 Å². The summed E-state index contributed by atoms with van der Waals surface area (Å²) < 4.78 is 35.5. The van der Waals surface area contributed by atoms with Crippen LogP contribution in [-0.4, -0.2) is 84.6 Å². The average molecular weight is 499 g/mol. The number of fused-ring (bicyclic) bond motifs is 1. The van der Waals surface area contributed by atoms with E-state index in [4.69, 9.17) is 9.72 Å². The molecule has 2 aliphatic rings. The van der Waals surface area contributed by atoms with Gasteiger partial charge in [0, 0.05) is 52.0 Å². The van der Waals surface area contributed by atoms with Gasteiger partial charge >= 0.3 is 0 Å². The van der Waals surface area contributed by atoms with Crippen molar-refractivity contribution in [3.63, 3.8) is 0 Å². The van der Waals surface area contributed by atoms with Gasteiger partial charge in [-0.1, -0.05) is 19.4 Å². The summed E-state index contributed by atoms with van der Waals surface area (Å²) in [6.07, 6.45) is 3.98. The quantitative estimate of drug-likeness (QED) is 0.472. The Labute approximate surface area is 207 Å². The van der Waals surface area contributed by atoms with Gasteiger partial charge in [-0.25, -0.2) is 18.4 Å². The Kier molecular flexibility index (Phi) is 7.33. The Morgan fingerprint density at radius 1 is 1.00 bits per heavy atom. The minimum atomic E-state index is -3.55. The van der Waals surface area contributed by atoms with Crippen LogP contribution in [-0.2, 0) is 27.8 Å². The Hall–Kier alpha value is -2.53. The highest BCUT2D eigenvalue weighted by molar-refractivity contribution is 7.89. The van der Waals surface area contributed by atoms with Crippen LogP contribution in [0, 0.1) is 0 Å². The van der Waals surface area contributed by atoms with Gasteiger partial charge in [0.2, 0.25) is 10.0 Å². The van der Waals surface area contributed by atoms with Crippen LogP contribution in [0.1, 0.15) is 25.6 Å². The van der Waals surface area contributed by atoms with Gasteiger partial charge in [-0.3, -0.25) is 4.90 Å². The van der Waals surface area contributed by atoms with Gasteiger partial charge in [-0.15, -0.1) is 0 Å². The summed E-state index contributed by atoms with van der Waals surface area (Å²) >= 11 is 0. The number of sulfonamides is 1. The van der Waals surface area contributed by atoms with Gasteiger partial charge in [-0.2, -0.15) is 4.31 Å². The maximum absolute atomic E-state index is 13.2. The molecule has 3 aromatic rings. The van der Waals surface area contributed by atoms with E-state index in [1.54, 1.807) is 12.1 Å². The number of anilines is 1. The van der Waals surface area contributed by atoms with Crippen LogP contribution in [0.3, 0.4) is 0 Å². The fourth-order valence-corrected chi connectivity index (χ4v) is 6.25. The molecule has 2 aliphatic heterocycles. The molecule has 9 nitrogen and oxygen atoms in total. The lowest BCUT2D eigenvalue weighted by atomic mass is 10.3. The second-order valence-electron chi connectivity index (χ2n) is 9.15. The molecule has 0 unspecified atom stereocenters. The van der Waals surface area contributed by atoms with Crippen molar-refractivity contribution in [3.8, 4) is 0 Å². The third kappa shape index (κ3) is 5.20. The van der Waals surface area contributed by atoms with E-state index in [-0.39, 0.29) is 0 Å². The third-order valence-electron chi connectivity index (χ3n) is 6.85. The van der Waals surface area contributed by atoms with Crippen molar-refractivity contribution in [2.75, 3.05) is 57.4 Å². The van der Waals surface area contributed by atoms with E-state index in [1.165, 1.54) is 4.31 Å². The smallest absolute Gasteiger partial charge is 0.243 e. The Morgan fingerprint density at radius 3 is 2.51 bits per heavy atom. The predicted octanol–water partition coefficient (Wildman–Crippen LogP) is 2.57. The molecule has 5 rings (SSSR count). The number of hydrogen-bond donors (Lipinski definition) is 0. The first-order valence-electron chi connectivity index (χ1n) is 12.5. The normalized spacial score (nSPS) is 18.4. The SMILES string of the molecule is CCCCn1c(CN2CCN(c3ccccn3)CC2)nc2cc(S(=O)(=O)N3CCOCC3)ccc21. The number of nitrogens with zero attached hydrogens (tertiary/aromatic N) is 6. The zero-order valence-corrected chi connectivity index (χ0v) is 21.2. The monoisotopic (exact) mass is 498 g/mol. The molecule has 10 heteroatoms. The lowest BCUT2D eigenvalue weighted by Crippen LogP contribution is -2.46. The van der Waals surface area contributed by atoms with Crippen LogP contribution in [0.2, 0.25) is 0 Å². The number of aryl methyl sites for hydroxylation is 1. The molecule has 188 valence electrons. The molecule has 0 aliphatic carbocycles. The van der Waals surface area contributed by atoms with Crippen molar-refractivity contribution in [1.82, 2.24) is 23.7 Å². The minimum absolute atomic E-state index is 0.308. The van der Waals surface area contributed by atoms with Crippen molar-refractivity contribution in [3.05, 3.63) is 48.4 Å². The second-order valence-corrected chi connectivity index (χ2v) is 11.1. The first-order chi connectivity index (χ1) is 17.1. The molecule has 4 heterocycles. The summed E-state index contributed by atoms with van der Waals surface area (Å²) in [5, 5.41) is 0. The first kappa shape index (κ1) is 24.2. The highest BCUT2D eigenvalue weighted by Gasteiger charge is 2.27. The van der Waals surface area contributed by atoms with Crippen molar-refractivity contribution in [2.45, 2.75) is 37.8 Å². The van der Waals surface area contributed by atoms with Gasteiger partial charge < -0.3 is 14.2 Å². The van der Waals surface area contributed by atoms with Crippen LogP contribution < -0.4 is 4.90 Å². The summed E-state index contributed by atoms with van der Waals surface area (Å²) in [5.41, 5.74) is 1.75. The summed E-state index contributed by atoms with van der Waals surface area (Å²) in [7, 11) is -3.55. The fourth-order valence-electron chi connectivity index (χ4n) is 4.82. The van der Waals surface area contributed by atoms with Crippen molar-refractivity contribution >= 4 is 26.9 Å². The molecule has 0 N–H and O–H groups in total. The van der Waals surface area contributed by atoms with E-state index >= 15 is 0 Å². The van der Waals surface area contributed by atoms with Gasteiger partial charge in [0.25, 0.3) is 0 Å². The number of benzene rings is 1. The Bertz CT molecular complexity index is 1230. The first-order valence-corrected chi connectivity index (χ1v) is 14.0. The number of ether oxygens (including phenoxy) is 1. The summed E-state index contributed by atoms with van der Waals surface area (Å²) in [5.74, 6) is 2.02. The molecule has 35 heavy (non-hydrogen) atoms. The summed E-state index contributed by atoms with van der Waals surface area (Å²) in [6, 6.07) is 11.4. The highest BCUT2D eigenvalue weighted by Crippen LogP contribution is 2.25. The van der Waals surface area contributed by atoms with E-state index < -0.39 is 10.0 Å². The third-order valence-corrected chi connectivity index (χ3v) is 8.75. The van der Waals surface area contributed by atoms with Crippen LogP contribution in [0.15, 0.2) is 47.5 Å². The van der Waals surface area contributed by atoms with Gasteiger partial charge in [-0.05, 0) is 36.8 Å². The van der Waals surface area contributed by atoms with Crippen LogP contribution >= 0.6 is 0 Å². The standard InChI is InChI=1S/C25H34N6O3S/c1-2-3-10-31-23-8-7-21(35(32,33)30-15-17-34-18-16-30)19-22(23)27-25(31)20-28-11-13-29(14-12-28)24-6-4-5-9-26-24/h4-9,19H,2-3,10-18,20H2,1H3. The molecular formula is C25H34N6O3S. The zero-order valence-electron chi connectivity index (χ0n) is 20.3. The number of pyridine rings is 1. The zero-order chi connectivity index (χ0) is 24.3. The van der Waals surface area contributed by atoms with Gasteiger partial charge in [0.05, 0.1) is 35.7 Å². The van der Waals surface area contributed by atoms with E-state index in [1.807, 2.05) is 24.4 Å². The van der Waals surface area contributed by atoms with Crippen molar-refractivity contribution < 1.29 is 13.2 Å². The molecule has 0 spiro atoms. The second kappa shape index (κ2) is 10.6. The van der Waals surface area contributed by atoms with Crippen molar-refractivity contribution in [1.29, 1.82) is 0 Å². The largest absolute Gasteiger partial charge is 0.379 e. The number of morpholine rings is 1. The number of hydrogen-bond acceptors (Lipinski definition) is 7. The molecule has 0 radical (unpaired) electrons. The maximum Gasteiger partial charge on any atom is 0.243 e. The number of aromatic nitrogens is 3. The number of unbranched alkanes of at least 4 members (excludes halogenated alkanes) is 1. The molecule has 0 bridgehead atoms. The maximum atomic E-state index is 13.2. The highest BCUT2D eigenvalue weighted by atomic mass is 32.2. The van der Waals surface area contributed by atoms with Crippen LogP contribution in [0.5, 0.6) is 0 Å². The molecule has 0 saturated carbocycles. The Balaban J connectivity index is 1.36. The molecule has 0 atom stereocenters. The molecule has 0 amide bonds. The summed E-state index contributed by atoms with van der Waals surface area (Å²) in [4.78, 5) is 14.5. The minimum Gasteiger partial charge on any atom is -0.379 e. The van der Waals surface area contributed by atoms with Gasteiger partial charge in [0.15, 0.2) is 0 Å². The van der Waals surface area contributed by atoms with E-state index in [9.17, 15) is 8.42 Å². The predicted molar refractivity (Wildman–Crippen MR) is 136 cm³/mol. The lowest BCUT2D eigenvalue weighted by Gasteiger charge is -2.35. The van der Waals surface area contributed by atoms with Crippen LogP contribution in [0.4, 0.5) is 5.82 Å².